The average molecular weight is 255 g/mol. The Kier molecular flexibility index (Phi) is 4.13. The van der Waals surface area contributed by atoms with E-state index in [1.165, 1.54) is 5.56 Å². The van der Waals surface area contributed by atoms with Crippen LogP contribution in [0.3, 0.4) is 0 Å². The second kappa shape index (κ2) is 6.00. The molecule has 0 aliphatic heterocycles. The van der Waals surface area contributed by atoms with Gasteiger partial charge in [0.2, 0.25) is 0 Å². The minimum Gasteiger partial charge on any atom is -0.454 e. The topological polar surface area (TPSA) is 41.1 Å². The highest BCUT2D eigenvalue weighted by molar-refractivity contribution is 5.82. The quantitative estimate of drug-likeness (QED) is 0.621. The van der Waals surface area contributed by atoms with Crippen molar-refractivity contribution >= 4 is 18.1 Å². The zero-order chi connectivity index (χ0) is 13.7. The fourth-order valence-electron chi connectivity index (χ4n) is 1.45. The molecule has 0 unspecified atom stereocenters. The molecule has 0 spiro atoms. The molecule has 98 valence electrons. The summed E-state index contributed by atoms with van der Waals surface area (Å²) in [6.07, 6.45) is 3.38. The number of aliphatic imine (C=N–C) groups is 1. The molecule has 2 rings (SSSR count). The van der Waals surface area contributed by atoms with E-state index in [4.69, 9.17) is 4.42 Å². The number of furan rings is 1. The van der Waals surface area contributed by atoms with Gasteiger partial charge in [0, 0.05) is 14.1 Å². The maximum Gasteiger partial charge on any atom is 0.147 e. The molecular weight excluding hydrogens is 238 g/mol. The van der Waals surface area contributed by atoms with Crippen LogP contribution < -0.4 is 0 Å². The van der Waals surface area contributed by atoms with Gasteiger partial charge in [-0.05, 0) is 31.2 Å². The molecule has 4 heteroatoms. The van der Waals surface area contributed by atoms with Crippen LogP contribution in [-0.2, 0) is 0 Å². The highest BCUT2D eigenvalue weighted by atomic mass is 16.3. The summed E-state index contributed by atoms with van der Waals surface area (Å²) in [4.78, 5) is 4.35. The van der Waals surface area contributed by atoms with Gasteiger partial charge >= 0.3 is 0 Å². The number of aryl methyl sites for hydroxylation is 1. The number of hydrogen-bond donors (Lipinski definition) is 0. The average Bonchev–Trinajstić information content (AvgIpc) is 2.84. The van der Waals surface area contributed by atoms with E-state index in [0.29, 0.717) is 11.5 Å². The van der Waals surface area contributed by atoms with Crippen LogP contribution in [0.1, 0.15) is 17.1 Å². The van der Waals surface area contributed by atoms with Gasteiger partial charge in [0.15, 0.2) is 0 Å². The Morgan fingerprint density at radius 2 is 1.58 bits per heavy atom. The Morgan fingerprint density at radius 1 is 0.947 bits per heavy atom. The number of nitrogens with zero attached hydrogens (tertiary/aromatic N) is 3. The monoisotopic (exact) mass is 255 g/mol. The Labute approximate surface area is 113 Å². The summed E-state index contributed by atoms with van der Waals surface area (Å²) in [6.45, 7) is 2.05. The normalized spacial score (nSPS) is 11.5. The zero-order valence-corrected chi connectivity index (χ0v) is 11.4. The molecule has 0 fully saturated rings. The lowest BCUT2D eigenvalue weighted by Crippen LogP contribution is -2.01. The van der Waals surface area contributed by atoms with Crippen LogP contribution >= 0.6 is 0 Å². The molecule has 1 aromatic heterocycles. The van der Waals surface area contributed by atoms with Crippen molar-refractivity contribution < 1.29 is 4.42 Å². The first-order chi connectivity index (χ1) is 9.13. The van der Waals surface area contributed by atoms with Crippen molar-refractivity contribution in [2.24, 2.45) is 10.1 Å². The lowest BCUT2D eigenvalue weighted by molar-refractivity contribution is 0.438. The third-order valence-corrected chi connectivity index (χ3v) is 2.44. The molecule has 2 aromatic rings. The largest absolute Gasteiger partial charge is 0.454 e. The first-order valence-corrected chi connectivity index (χ1v) is 6.05. The van der Waals surface area contributed by atoms with Crippen LogP contribution in [0.2, 0.25) is 0 Å². The van der Waals surface area contributed by atoms with Crippen LogP contribution in [0.15, 0.2) is 50.9 Å². The van der Waals surface area contributed by atoms with Crippen LogP contribution in [0.25, 0.3) is 0 Å². The van der Waals surface area contributed by atoms with E-state index < -0.39 is 0 Å². The van der Waals surface area contributed by atoms with E-state index in [0.717, 1.165) is 5.69 Å². The summed E-state index contributed by atoms with van der Waals surface area (Å²) in [5.41, 5.74) is 2.13. The van der Waals surface area contributed by atoms with Gasteiger partial charge in [0.05, 0.1) is 18.1 Å². The molecule has 1 aromatic carbocycles. The van der Waals surface area contributed by atoms with Crippen molar-refractivity contribution in [1.82, 2.24) is 5.01 Å². The highest BCUT2D eigenvalue weighted by Gasteiger charge is 1.97. The summed E-state index contributed by atoms with van der Waals surface area (Å²) in [7, 11) is 3.72. The van der Waals surface area contributed by atoms with E-state index in [2.05, 4.69) is 17.0 Å². The molecule has 0 saturated heterocycles. The molecule has 0 atom stereocenters. The minimum absolute atomic E-state index is 0.707. The number of hydrogen-bond acceptors (Lipinski definition) is 4. The molecule has 0 N–H and O–H groups in total. The second-order valence-corrected chi connectivity index (χ2v) is 4.43. The second-order valence-electron chi connectivity index (χ2n) is 4.43. The van der Waals surface area contributed by atoms with E-state index in [1.807, 2.05) is 50.5 Å². The van der Waals surface area contributed by atoms with Gasteiger partial charge in [-0.1, -0.05) is 17.7 Å². The molecule has 0 radical (unpaired) electrons. The fourth-order valence-corrected chi connectivity index (χ4v) is 1.45. The summed E-state index contributed by atoms with van der Waals surface area (Å²) in [6, 6.07) is 11.7. The lowest BCUT2D eigenvalue weighted by Gasteiger charge is -2.00. The third kappa shape index (κ3) is 4.10. The maximum absolute atomic E-state index is 5.55. The van der Waals surface area contributed by atoms with E-state index >= 15 is 0 Å². The van der Waals surface area contributed by atoms with Crippen LogP contribution in [0.4, 0.5) is 5.69 Å². The third-order valence-electron chi connectivity index (χ3n) is 2.44. The van der Waals surface area contributed by atoms with Gasteiger partial charge in [-0.15, -0.1) is 0 Å². The first kappa shape index (κ1) is 13.1. The lowest BCUT2D eigenvalue weighted by atomic mass is 10.2. The van der Waals surface area contributed by atoms with Crippen LogP contribution in [0.5, 0.6) is 0 Å². The van der Waals surface area contributed by atoms with Crippen LogP contribution in [-0.4, -0.2) is 31.5 Å². The number of hydrazone groups is 1. The smallest absolute Gasteiger partial charge is 0.147 e. The standard InChI is InChI=1S/C15H17N3O/c1-12-4-6-13(7-5-12)16-10-14-8-9-15(19-14)11-17-18(2)3/h4-11H,1-3H3/b16-10?,17-11+. The first-order valence-electron chi connectivity index (χ1n) is 6.05. The van der Waals surface area contributed by atoms with Crippen LogP contribution in [0, 0.1) is 6.92 Å². The van der Waals surface area contributed by atoms with Crippen molar-refractivity contribution in [3.63, 3.8) is 0 Å². The number of rotatable bonds is 4. The molecular formula is C15H17N3O. The van der Waals surface area contributed by atoms with E-state index in [-0.39, 0.29) is 0 Å². The van der Waals surface area contributed by atoms with Gasteiger partial charge < -0.3 is 9.43 Å². The summed E-state index contributed by atoms with van der Waals surface area (Å²) < 4.78 is 5.55. The molecule has 0 aliphatic rings. The van der Waals surface area contributed by atoms with Gasteiger partial charge in [-0.3, -0.25) is 4.99 Å². The predicted octanol–water partition coefficient (Wildman–Crippen LogP) is 3.23. The summed E-state index contributed by atoms with van der Waals surface area (Å²) in [5.74, 6) is 1.42. The molecule has 0 saturated carbocycles. The fraction of sp³-hybridized carbons (Fsp3) is 0.200. The van der Waals surface area contributed by atoms with Gasteiger partial charge in [0.25, 0.3) is 0 Å². The van der Waals surface area contributed by atoms with Crippen molar-refractivity contribution in [3.8, 4) is 0 Å². The Hall–Kier alpha value is -2.36. The molecule has 0 bridgehead atoms. The molecule has 4 nitrogen and oxygen atoms in total. The van der Waals surface area contributed by atoms with Crippen molar-refractivity contribution in [3.05, 3.63) is 53.5 Å². The minimum atomic E-state index is 0.707. The Morgan fingerprint density at radius 3 is 2.21 bits per heavy atom. The van der Waals surface area contributed by atoms with Gasteiger partial charge in [-0.2, -0.15) is 5.10 Å². The Bertz CT molecular complexity index is 580. The van der Waals surface area contributed by atoms with E-state index in [1.54, 1.807) is 17.4 Å². The van der Waals surface area contributed by atoms with Crippen molar-refractivity contribution in [2.45, 2.75) is 6.92 Å². The zero-order valence-electron chi connectivity index (χ0n) is 11.4. The molecule has 19 heavy (non-hydrogen) atoms. The molecule has 0 amide bonds. The van der Waals surface area contributed by atoms with Crippen molar-refractivity contribution in [1.29, 1.82) is 0 Å². The SMILES string of the molecule is Cc1ccc(N=Cc2ccc(/C=N/N(C)C)o2)cc1. The van der Waals surface area contributed by atoms with Gasteiger partial charge in [0.1, 0.15) is 11.5 Å². The molecule has 1 heterocycles. The highest BCUT2D eigenvalue weighted by Crippen LogP contribution is 2.13. The predicted molar refractivity (Wildman–Crippen MR) is 78.4 cm³/mol. The van der Waals surface area contributed by atoms with Gasteiger partial charge in [-0.25, -0.2) is 0 Å². The summed E-state index contributed by atoms with van der Waals surface area (Å²) >= 11 is 0. The van der Waals surface area contributed by atoms with E-state index in [9.17, 15) is 0 Å². The maximum atomic E-state index is 5.55. The molecule has 0 aliphatic carbocycles. The number of benzene rings is 1. The Balaban J connectivity index is 2.05. The van der Waals surface area contributed by atoms with Crippen molar-refractivity contribution in [2.75, 3.05) is 14.1 Å². The summed E-state index contributed by atoms with van der Waals surface area (Å²) in [5, 5.41) is 5.82.